The highest BCUT2D eigenvalue weighted by molar-refractivity contribution is 7.95. The maximum atomic E-state index is 11.8. The lowest BCUT2D eigenvalue weighted by atomic mass is 9.94. The van der Waals surface area contributed by atoms with Gasteiger partial charge in [0.15, 0.2) is 23.7 Å². The van der Waals surface area contributed by atoms with Crippen LogP contribution in [0.2, 0.25) is 0 Å². The van der Waals surface area contributed by atoms with Crippen LogP contribution >= 0.6 is 12.0 Å². The van der Waals surface area contributed by atoms with Crippen LogP contribution in [0.5, 0.6) is 0 Å². The van der Waals surface area contributed by atoms with E-state index in [1.54, 1.807) is 0 Å². The number of hydrogen-bond acceptors (Lipinski definition) is 10. The van der Waals surface area contributed by atoms with E-state index in [2.05, 4.69) is 0 Å². The van der Waals surface area contributed by atoms with Gasteiger partial charge in [-0.1, -0.05) is 30.3 Å². The zero-order valence-corrected chi connectivity index (χ0v) is 17.9. The monoisotopic (exact) mass is 440 g/mol. The SMILES string of the molecule is CC(=O)OS[C@H]1O[C@H](Cc2ccccc2)[C@@H](OC(C)=O)[C@H](OC(C)=O)[C@H]1OC(C)=O. The van der Waals surface area contributed by atoms with Gasteiger partial charge in [-0.3, -0.25) is 19.2 Å². The second-order valence-electron chi connectivity index (χ2n) is 6.63. The van der Waals surface area contributed by atoms with Crippen molar-refractivity contribution in [3.05, 3.63) is 35.9 Å². The first-order valence-electron chi connectivity index (χ1n) is 9.22. The Labute approximate surface area is 178 Å². The van der Waals surface area contributed by atoms with Gasteiger partial charge in [0.25, 0.3) is 0 Å². The normalized spacial score (nSPS) is 25.7. The van der Waals surface area contributed by atoms with Crippen molar-refractivity contribution >= 4 is 35.9 Å². The Kier molecular flexibility index (Phi) is 8.67. The molecule has 1 aliphatic rings. The number of ether oxygens (including phenoxy) is 4. The van der Waals surface area contributed by atoms with Crippen LogP contribution in [-0.2, 0) is 48.7 Å². The topological polar surface area (TPSA) is 114 Å². The number of carbonyl (C=O) groups is 4. The molecule has 0 amide bonds. The van der Waals surface area contributed by atoms with Gasteiger partial charge in [0, 0.05) is 34.1 Å². The van der Waals surface area contributed by atoms with E-state index >= 15 is 0 Å². The third kappa shape index (κ3) is 7.03. The van der Waals surface area contributed by atoms with Crippen LogP contribution in [-0.4, -0.2) is 53.7 Å². The molecule has 164 valence electrons. The zero-order chi connectivity index (χ0) is 22.3. The van der Waals surface area contributed by atoms with E-state index < -0.39 is 53.7 Å². The molecule has 10 heteroatoms. The molecule has 0 radical (unpaired) electrons. The van der Waals surface area contributed by atoms with Gasteiger partial charge in [0.2, 0.25) is 0 Å². The van der Waals surface area contributed by atoms with Gasteiger partial charge in [-0.15, -0.1) is 0 Å². The Balaban J connectivity index is 2.42. The lowest BCUT2D eigenvalue weighted by molar-refractivity contribution is -0.232. The van der Waals surface area contributed by atoms with Gasteiger partial charge in [0.05, 0.1) is 12.0 Å². The molecule has 9 nitrogen and oxygen atoms in total. The maximum Gasteiger partial charge on any atom is 0.314 e. The first kappa shape index (κ1) is 23.7. The molecule has 5 atom stereocenters. The van der Waals surface area contributed by atoms with Gasteiger partial charge in [-0.05, 0) is 5.56 Å². The van der Waals surface area contributed by atoms with E-state index in [0.29, 0.717) is 18.5 Å². The molecule has 0 N–H and O–H groups in total. The summed E-state index contributed by atoms with van der Waals surface area (Å²) in [6.07, 6.45) is -3.84. The Hall–Kier alpha value is -2.59. The molecular formula is C20H24O9S. The summed E-state index contributed by atoms with van der Waals surface area (Å²) in [5.74, 6) is -2.54. The van der Waals surface area contributed by atoms with Crippen LogP contribution in [0.15, 0.2) is 30.3 Å². The fraction of sp³-hybridized carbons (Fsp3) is 0.500. The van der Waals surface area contributed by atoms with Crippen molar-refractivity contribution in [1.82, 2.24) is 0 Å². The molecule has 2 rings (SSSR count). The number of esters is 3. The first-order valence-corrected chi connectivity index (χ1v) is 10.0. The summed E-state index contributed by atoms with van der Waals surface area (Å²) >= 11 is 0.641. The van der Waals surface area contributed by atoms with E-state index in [1.165, 1.54) is 27.7 Å². The Morgan fingerprint density at radius 1 is 0.800 bits per heavy atom. The van der Waals surface area contributed by atoms with E-state index in [1.807, 2.05) is 30.3 Å². The zero-order valence-electron chi connectivity index (χ0n) is 17.1. The van der Waals surface area contributed by atoms with Gasteiger partial charge in [-0.25, -0.2) is 0 Å². The first-order chi connectivity index (χ1) is 14.2. The average molecular weight is 440 g/mol. The van der Waals surface area contributed by atoms with Crippen LogP contribution in [0, 0.1) is 0 Å². The summed E-state index contributed by atoms with van der Waals surface area (Å²) in [6, 6.07) is 9.26. The van der Waals surface area contributed by atoms with Crippen molar-refractivity contribution in [1.29, 1.82) is 0 Å². The Morgan fingerprint density at radius 3 is 1.87 bits per heavy atom. The molecule has 30 heavy (non-hydrogen) atoms. The van der Waals surface area contributed by atoms with Crippen LogP contribution in [0.4, 0.5) is 0 Å². The Bertz CT molecular complexity index is 767. The summed E-state index contributed by atoms with van der Waals surface area (Å²) in [5, 5.41) is 0. The molecule has 0 saturated carbocycles. The third-order valence-electron chi connectivity index (χ3n) is 4.04. The van der Waals surface area contributed by atoms with E-state index in [4.69, 9.17) is 23.1 Å². The van der Waals surface area contributed by atoms with Gasteiger partial charge < -0.3 is 23.1 Å². The molecule has 1 fully saturated rings. The maximum absolute atomic E-state index is 11.8. The van der Waals surface area contributed by atoms with Crippen LogP contribution in [0.1, 0.15) is 33.3 Å². The van der Waals surface area contributed by atoms with Crippen molar-refractivity contribution < 1.29 is 42.3 Å². The van der Waals surface area contributed by atoms with Gasteiger partial charge >= 0.3 is 23.9 Å². The van der Waals surface area contributed by atoms with Crippen molar-refractivity contribution in [3.8, 4) is 0 Å². The van der Waals surface area contributed by atoms with Crippen LogP contribution in [0.25, 0.3) is 0 Å². The second kappa shape index (κ2) is 11.0. The predicted octanol–water partition coefficient (Wildman–Crippen LogP) is 1.96. The smallest absolute Gasteiger partial charge is 0.314 e. The van der Waals surface area contributed by atoms with Crippen molar-refractivity contribution in [2.45, 2.75) is 64.0 Å². The molecule has 1 aromatic rings. The molecule has 1 aliphatic heterocycles. The van der Waals surface area contributed by atoms with Crippen molar-refractivity contribution in [3.63, 3.8) is 0 Å². The largest absolute Gasteiger partial charge is 0.456 e. The van der Waals surface area contributed by atoms with Crippen LogP contribution < -0.4 is 0 Å². The molecular weight excluding hydrogens is 416 g/mol. The van der Waals surface area contributed by atoms with E-state index in [-0.39, 0.29) is 0 Å². The standard InChI is InChI=1S/C20H24O9S/c1-11(21)25-17-16(10-15-8-6-5-7-9-15)28-20(30-29-14(4)24)19(27-13(3)23)18(17)26-12(2)22/h5-9,16-20H,10H2,1-4H3/t16-,17-,18+,19-,20-/m1/s1. The average Bonchev–Trinajstić information content (AvgIpc) is 2.64. The van der Waals surface area contributed by atoms with Crippen molar-refractivity contribution in [2.75, 3.05) is 0 Å². The van der Waals surface area contributed by atoms with Gasteiger partial charge in [-0.2, -0.15) is 0 Å². The van der Waals surface area contributed by atoms with Crippen LogP contribution in [0.3, 0.4) is 0 Å². The summed E-state index contributed by atoms with van der Waals surface area (Å²) < 4.78 is 27.1. The van der Waals surface area contributed by atoms with E-state index in [9.17, 15) is 19.2 Å². The minimum atomic E-state index is -1.17. The molecule has 1 aromatic carbocycles. The quantitative estimate of drug-likeness (QED) is 0.354. The summed E-state index contributed by atoms with van der Waals surface area (Å²) in [4.78, 5) is 46.5. The predicted molar refractivity (Wildman–Crippen MR) is 105 cm³/mol. The molecule has 0 unspecified atom stereocenters. The minimum absolute atomic E-state index is 0.306. The molecule has 1 heterocycles. The number of hydrogen-bond donors (Lipinski definition) is 0. The van der Waals surface area contributed by atoms with E-state index in [0.717, 1.165) is 5.56 Å². The highest BCUT2D eigenvalue weighted by atomic mass is 32.2. The number of benzene rings is 1. The summed E-state index contributed by atoms with van der Waals surface area (Å²) in [5.41, 5.74) is -0.133. The number of carbonyl (C=O) groups excluding carboxylic acids is 4. The lowest BCUT2D eigenvalue weighted by Crippen LogP contribution is -2.61. The Morgan fingerprint density at radius 2 is 1.33 bits per heavy atom. The third-order valence-corrected chi connectivity index (χ3v) is 4.94. The lowest BCUT2D eigenvalue weighted by Gasteiger charge is -2.43. The highest BCUT2D eigenvalue weighted by Crippen LogP contribution is 2.35. The fourth-order valence-electron chi connectivity index (χ4n) is 3.06. The molecule has 0 spiro atoms. The summed E-state index contributed by atoms with van der Waals surface area (Å²) in [7, 11) is 0. The van der Waals surface area contributed by atoms with Gasteiger partial charge in [0.1, 0.15) is 6.10 Å². The molecule has 1 saturated heterocycles. The minimum Gasteiger partial charge on any atom is -0.456 e. The molecule has 0 aromatic heterocycles. The second-order valence-corrected chi connectivity index (χ2v) is 7.45. The highest BCUT2D eigenvalue weighted by Gasteiger charge is 2.52. The molecule has 0 aliphatic carbocycles. The van der Waals surface area contributed by atoms with Crippen molar-refractivity contribution in [2.24, 2.45) is 0 Å². The molecule has 0 bridgehead atoms. The summed E-state index contributed by atoms with van der Waals surface area (Å²) in [6.45, 7) is 4.79. The fourth-order valence-corrected chi connectivity index (χ4v) is 3.80. The number of rotatable bonds is 7.